The van der Waals surface area contributed by atoms with Gasteiger partial charge in [0.25, 0.3) is 10.0 Å². The van der Waals surface area contributed by atoms with Crippen molar-refractivity contribution in [3.8, 4) is 5.75 Å². The molecule has 1 aliphatic carbocycles. The molecule has 0 bridgehead atoms. The highest BCUT2D eigenvalue weighted by atomic mass is 32.2. The molecule has 0 spiro atoms. The van der Waals surface area contributed by atoms with Crippen molar-refractivity contribution in [1.29, 1.82) is 0 Å². The Hall–Kier alpha value is -3.32. The lowest BCUT2D eigenvalue weighted by Crippen LogP contribution is -2.36. The maximum absolute atomic E-state index is 13.3. The Morgan fingerprint density at radius 3 is 2.55 bits per heavy atom. The van der Waals surface area contributed by atoms with Crippen LogP contribution in [0.1, 0.15) is 62.4 Å². The van der Waals surface area contributed by atoms with Crippen molar-refractivity contribution in [2.75, 3.05) is 18.0 Å². The highest BCUT2D eigenvalue weighted by molar-refractivity contribution is 7.92. The lowest BCUT2D eigenvalue weighted by atomic mass is 9.79. The highest BCUT2D eigenvalue weighted by Gasteiger charge is 2.35. The van der Waals surface area contributed by atoms with Gasteiger partial charge in [0.2, 0.25) is 0 Å². The molecule has 0 saturated heterocycles. The van der Waals surface area contributed by atoms with Gasteiger partial charge in [-0.05, 0) is 66.8 Å². The Balaban J connectivity index is 1.45. The molecular weight excluding hydrogens is 494 g/mol. The summed E-state index contributed by atoms with van der Waals surface area (Å²) in [4.78, 5) is 5.46. The molecule has 2 heterocycles. The summed E-state index contributed by atoms with van der Waals surface area (Å²) in [7, 11) is -2.05. The molecule has 0 unspecified atom stereocenters. The summed E-state index contributed by atoms with van der Waals surface area (Å²) in [6.45, 7) is 3.04. The molecule has 6 nitrogen and oxygen atoms in total. The number of fused-ring (bicyclic) bond motifs is 2. The Morgan fingerprint density at radius 2 is 1.79 bits per heavy atom. The Labute approximate surface area is 225 Å². The van der Waals surface area contributed by atoms with E-state index < -0.39 is 10.0 Å². The van der Waals surface area contributed by atoms with Crippen LogP contribution >= 0.6 is 0 Å². The van der Waals surface area contributed by atoms with E-state index in [0.717, 1.165) is 61.3 Å². The standard InChI is InChI=1S/C31H35N3O3S/c1-3-31(17-8-5-9-18-31)34-28-14-13-25(33(2)38(35,36)26-10-6-4-7-11-26)22-27(28)32-30(34)21-23-12-15-29-24(20-23)16-19-37-29/h4,6-7,10-15,20,22H,3,5,8-9,16-19,21H2,1-2H3. The zero-order chi connectivity index (χ0) is 26.3. The van der Waals surface area contributed by atoms with Crippen molar-refractivity contribution in [2.45, 2.75) is 68.7 Å². The zero-order valence-corrected chi connectivity index (χ0v) is 23.0. The minimum Gasteiger partial charge on any atom is -0.493 e. The molecule has 0 atom stereocenters. The van der Waals surface area contributed by atoms with E-state index in [9.17, 15) is 8.42 Å². The van der Waals surface area contributed by atoms with Crippen LogP contribution in [0, 0.1) is 0 Å². The minimum atomic E-state index is -3.67. The lowest BCUT2D eigenvalue weighted by molar-refractivity contribution is 0.187. The summed E-state index contributed by atoms with van der Waals surface area (Å²) >= 11 is 0. The van der Waals surface area contributed by atoms with Crippen molar-refractivity contribution >= 4 is 26.7 Å². The predicted octanol–water partition coefficient (Wildman–Crippen LogP) is 6.46. The van der Waals surface area contributed by atoms with E-state index in [2.05, 4.69) is 35.8 Å². The fourth-order valence-corrected chi connectivity index (χ4v) is 7.54. The van der Waals surface area contributed by atoms with Crippen LogP contribution < -0.4 is 9.04 Å². The average molecular weight is 530 g/mol. The van der Waals surface area contributed by atoms with E-state index in [1.54, 1.807) is 31.3 Å². The van der Waals surface area contributed by atoms with Gasteiger partial charge in [0.1, 0.15) is 11.6 Å². The molecule has 7 heteroatoms. The molecule has 198 valence electrons. The molecule has 2 aliphatic rings. The Morgan fingerprint density at radius 1 is 1.00 bits per heavy atom. The number of anilines is 1. The van der Waals surface area contributed by atoms with Crippen molar-refractivity contribution in [3.05, 3.63) is 83.7 Å². The number of hydrogen-bond donors (Lipinski definition) is 0. The van der Waals surface area contributed by atoms with Crippen molar-refractivity contribution in [1.82, 2.24) is 9.55 Å². The molecule has 0 radical (unpaired) electrons. The second-order valence-corrected chi connectivity index (χ2v) is 12.6. The van der Waals surface area contributed by atoms with E-state index in [1.165, 1.54) is 34.7 Å². The molecule has 0 amide bonds. The number of imidazole rings is 1. The fraction of sp³-hybridized carbons (Fsp3) is 0.387. The molecule has 1 aliphatic heterocycles. The molecule has 1 fully saturated rings. The van der Waals surface area contributed by atoms with Gasteiger partial charge in [0, 0.05) is 25.4 Å². The first-order valence-electron chi connectivity index (χ1n) is 13.7. The number of aromatic nitrogens is 2. The van der Waals surface area contributed by atoms with Crippen LogP contribution in [0.25, 0.3) is 11.0 Å². The summed E-state index contributed by atoms with van der Waals surface area (Å²) in [6.07, 6.45) is 8.74. The molecule has 6 rings (SSSR count). The molecule has 1 aromatic heterocycles. The maximum Gasteiger partial charge on any atom is 0.264 e. The smallest absolute Gasteiger partial charge is 0.264 e. The fourth-order valence-electron chi connectivity index (χ4n) is 6.33. The molecule has 1 saturated carbocycles. The molecule has 0 N–H and O–H groups in total. The van der Waals surface area contributed by atoms with Crippen LogP contribution in [0.5, 0.6) is 5.75 Å². The SMILES string of the molecule is CCC1(n2c(Cc3ccc4c(c3)CCO4)nc3cc(N(C)S(=O)(=O)c4ccccc4)ccc32)CCCCC1. The second-order valence-electron chi connectivity index (χ2n) is 10.7. The first-order chi connectivity index (χ1) is 18.4. The molecular formula is C31H35N3O3S. The number of benzene rings is 3. The molecule has 38 heavy (non-hydrogen) atoms. The number of sulfonamides is 1. The van der Waals surface area contributed by atoms with Gasteiger partial charge in [-0.3, -0.25) is 4.31 Å². The maximum atomic E-state index is 13.3. The lowest BCUT2D eigenvalue weighted by Gasteiger charge is -2.40. The topological polar surface area (TPSA) is 64.4 Å². The summed E-state index contributed by atoms with van der Waals surface area (Å²) in [5.41, 5.74) is 5.07. The number of nitrogens with zero attached hydrogens (tertiary/aromatic N) is 3. The summed E-state index contributed by atoms with van der Waals surface area (Å²) in [5, 5.41) is 0. The van der Waals surface area contributed by atoms with Gasteiger partial charge in [-0.1, -0.05) is 56.5 Å². The Bertz CT molecular complexity index is 1570. The average Bonchev–Trinajstić information content (AvgIpc) is 3.57. The first-order valence-corrected chi connectivity index (χ1v) is 15.2. The monoisotopic (exact) mass is 529 g/mol. The number of hydrogen-bond acceptors (Lipinski definition) is 4. The van der Waals surface area contributed by atoms with E-state index >= 15 is 0 Å². The third kappa shape index (κ3) is 4.27. The second kappa shape index (κ2) is 9.77. The summed E-state index contributed by atoms with van der Waals surface area (Å²) in [5.74, 6) is 2.04. The molecule has 3 aromatic carbocycles. The van der Waals surface area contributed by atoms with Gasteiger partial charge < -0.3 is 9.30 Å². The van der Waals surface area contributed by atoms with Crippen LogP contribution in [-0.2, 0) is 28.4 Å². The first kappa shape index (κ1) is 25.0. The highest BCUT2D eigenvalue weighted by Crippen LogP contribution is 2.42. The van der Waals surface area contributed by atoms with Crippen molar-refractivity contribution in [2.24, 2.45) is 0 Å². The van der Waals surface area contributed by atoms with Gasteiger partial charge >= 0.3 is 0 Å². The van der Waals surface area contributed by atoms with Crippen LogP contribution in [0.4, 0.5) is 5.69 Å². The largest absolute Gasteiger partial charge is 0.493 e. The van der Waals surface area contributed by atoms with Crippen LogP contribution in [0.2, 0.25) is 0 Å². The zero-order valence-electron chi connectivity index (χ0n) is 22.2. The van der Waals surface area contributed by atoms with Crippen LogP contribution in [0.3, 0.4) is 0 Å². The van der Waals surface area contributed by atoms with E-state index in [1.807, 2.05) is 18.2 Å². The summed E-state index contributed by atoms with van der Waals surface area (Å²) in [6, 6.07) is 21.0. The van der Waals surface area contributed by atoms with Gasteiger partial charge in [0.15, 0.2) is 0 Å². The molecule has 4 aromatic rings. The quantitative estimate of drug-likeness (QED) is 0.276. The third-order valence-corrected chi connectivity index (χ3v) is 10.3. The van der Waals surface area contributed by atoms with E-state index in [-0.39, 0.29) is 10.4 Å². The number of ether oxygens (including phenoxy) is 1. The van der Waals surface area contributed by atoms with E-state index in [4.69, 9.17) is 9.72 Å². The van der Waals surface area contributed by atoms with Gasteiger partial charge in [0.05, 0.1) is 28.2 Å². The van der Waals surface area contributed by atoms with Crippen LogP contribution in [0.15, 0.2) is 71.6 Å². The third-order valence-electron chi connectivity index (χ3n) is 8.51. The van der Waals surface area contributed by atoms with Crippen molar-refractivity contribution < 1.29 is 13.2 Å². The van der Waals surface area contributed by atoms with Gasteiger partial charge in [-0.25, -0.2) is 13.4 Å². The van der Waals surface area contributed by atoms with Crippen molar-refractivity contribution in [3.63, 3.8) is 0 Å². The van der Waals surface area contributed by atoms with Gasteiger partial charge in [-0.15, -0.1) is 0 Å². The predicted molar refractivity (Wildman–Crippen MR) is 152 cm³/mol. The summed E-state index contributed by atoms with van der Waals surface area (Å²) < 4.78 is 36.2. The number of rotatable bonds is 7. The normalized spacial score (nSPS) is 16.8. The Kier molecular flexibility index (Phi) is 6.42. The van der Waals surface area contributed by atoms with Crippen LogP contribution in [-0.4, -0.2) is 31.6 Å². The minimum absolute atomic E-state index is 0.0334. The van der Waals surface area contributed by atoms with Gasteiger partial charge in [-0.2, -0.15) is 0 Å². The van der Waals surface area contributed by atoms with E-state index in [0.29, 0.717) is 5.69 Å².